The van der Waals surface area contributed by atoms with Gasteiger partial charge in [0.1, 0.15) is 0 Å². The normalized spacial score (nSPS) is 19.7. The maximum absolute atomic E-state index is 6.03. The smallest absolute Gasteiger partial charge is 0.0750 e. The first-order chi connectivity index (χ1) is 9.24. The highest BCUT2D eigenvalue weighted by molar-refractivity contribution is 6.17. The van der Waals surface area contributed by atoms with E-state index in [0.29, 0.717) is 12.0 Å². The molecule has 1 aromatic rings. The molecule has 0 radical (unpaired) electrons. The number of hydrogen-bond acceptors (Lipinski definition) is 3. The van der Waals surface area contributed by atoms with Gasteiger partial charge in [-0.15, -0.1) is 11.6 Å². The number of aryl methyl sites for hydroxylation is 1. The van der Waals surface area contributed by atoms with E-state index in [1.54, 1.807) is 0 Å². The highest BCUT2D eigenvalue weighted by atomic mass is 35.5. The van der Waals surface area contributed by atoms with Gasteiger partial charge in [0.05, 0.1) is 12.0 Å². The van der Waals surface area contributed by atoms with E-state index in [0.717, 1.165) is 43.8 Å². The first kappa shape index (κ1) is 14.6. The Hall–Kier alpha value is -0.800. The Bertz CT molecular complexity index is 411. The van der Waals surface area contributed by atoms with Gasteiger partial charge in [-0.3, -0.25) is 4.98 Å². The molecule has 1 unspecified atom stereocenters. The van der Waals surface area contributed by atoms with E-state index in [1.807, 2.05) is 13.1 Å². The lowest BCUT2D eigenvalue weighted by atomic mass is 10.1. The van der Waals surface area contributed by atoms with Crippen LogP contribution in [0.5, 0.6) is 0 Å². The molecular formula is C15H23ClN2O. The van der Waals surface area contributed by atoms with E-state index in [-0.39, 0.29) is 0 Å². The van der Waals surface area contributed by atoms with Gasteiger partial charge >= 0.3 is 0 Å². The molecule has 19 heavy (non-hydrogen) atoms. The standard InChI is InChI=1S/C15H23ClN2O/c1-3-7-19-14-5-4-6-18(11-14)15-8-12(2)17-10-13(15)9-16/h8,10,14H,3-7,9,11H2,1-2H3. The number of halogens is 1. The summed E-state index contributed by atoms with van der Waals surface area (Å²) in [6, 6.07) is 2.14. The molecule has 0 aromatic carbocycles. The number of nitrogens with zero attached hydrogens (tertiary/aromatic N) is 2. The van der Waals surface area contributed by atoms with Crippen molar-refractivity contribution in [3.8, 4) is 0 Å². The number of ether oxygens (including phenoxy) is 1. The lowest BCUT2D eigenvalue weighted by molar-refractivity contribution is 0.0440. The Balaban J connectivity index is 2.10. The topological polar surface area (TPSA) is 25.4 Å². The third-order valence-electron chi connectivity index (χ3n) is 3.52. The second kappa shape index (κ2) is 7.11. The summed E-state index contributed by atoms with van der Waals surface area (Å²) in [4.78, 5) is 6.73. The van der Waals surface area contributed by atoms with E-state index in [1.165, 1.54) is 12.1 Å². The molecule has 1 aromatic heterocycles. The Morgan fingerprint density at radius 3 is 3.11 bits per heavy atom. The third-order valence-corrected chi connectivity index (χ3v) is 3.81. The van der Waals surface area contributed by atoms with Gasteiger partial charge in [-0.25, -0.2) is 0 Å². The summed E-state index contributed by atoms with van der Waals surface area (Å²) in [5, 5.41) is 0. The number of alkyl halides is 1. The molecule has 1 saturated heterocycles. The van der Waals surface area contributed by atoms with E-state index in [4.69, 9.17) is 16.3 Å². The molecular weight excluding hydrogens is 260 g/mol. The van der Waals surface area contributed by atoms with Gasteiger partial charge in [0.15, 0.2) is 0 Å². The van der Waals surface area contributed by atoms with Gasteiger partial charge in [0, 0.05) is 42.8 Å². The molecule has 106 valence electrons. The summed E-state index contributed by atoms with van der Waals surface area (Å²) >= 11 is 6.03. The highest BCUT2D eigenvalue weighted by Crippen LogP contribution is 2.26. The van der Waals surface area contributed by atoms with E-state index in [9.17, 15) is 0 Å². The molecule has 1 fully saturated rings. The van der Waals surface area contributed by atoms with Crippen LogP contribution < -0.4 is 4.90 Å². The molecule has 2 heterocycles. The van der Waals surface area contributed by atoms with Crippen LogP contribution in [0.1, 0.15) is 37.4 Å². The van der Waals surface area contributed by atoms with Crippen LogP contribution in [0.4, 0.5) is 5.69 Å². The fourth-order valence-corrected chi connectivity index (χ4v) is 2.75. The van der Waals surface area contributed by atoms with Crippen LogP contribution in [0.3, 0.4) is 0 Å². The predicted octanol–water partition coefficient (Wildman–Crippen LogP) is 3.52. The average Bonchev–Trinajstić information content (AvgIpc) is 2.45. The first-order valence-electron chi connectivity index (χ1n) is 7.12. The Morgan fingerprint density at radius 2 is 2.37 bits per heavy atom. The zero-order valence-corrected chi connectivity index (χ0v) is 12.6. The van der Waals surface area contributed by atoms with Crippen LogP contribution >= 0.6 is 11.6 Å². The Morgan fingerprint density at radius 1 is 1.53 bits per heavy atom. The van der Waals surface area contributed by atoms with Crippen LogP contribution in [-0.4, -0.2) is 30.8 Å². The van der Waals surface area contributed by atoms with Crippen molar-refractivity contribution < 1.29 is 4.74 Å². The summed E-state index contributed by atoms with van der Waals surface area (Å²) in [6.07, 6.45) is 5.67. The van der Waals surface area contributed by atoms with Gasteiger partial charge in [-0.1, -0.05) is 6.92 Å². The summed E-state index contributed by atoms with van der Waals surface area (Å²) in [6.45, 7) is 7.08. The molecule has 0 N–H and O–H groups in total. The quantitative estimate of drug-likeness (QED) is 0.773. The predicted molar refractivity (Wildman–Crippen MR) is 80.0 cm³/mol. The second-order valence-corrected chi connectivity index (χ2v) is 5.44. The third kappa shape index (κ3) is 3.83. The van der Waals surface area contributed by atoms with Gasteiger partial charge in [0.2, 0.25) is 0 Å². The zero-order chi connectivity index (χ0) is 13.7. The zero-order valence-electron chi connectivity index (χ0n) is 11.9. The summed E-state index contributed by atoms with van der Waals surface area (Å²) < 4.78 is 5.90. The SMILES string of the molecule is CCCOC1CCCN(c2cc(C)ncc2CCl)C1. The van der Waals surface area contributed by atoms with Gasteiger partial charge in [0.25, 0.3) is 0 Å². The Labute approximate surface area is 120 Å². The maximum Gasteiger partial charge on any atom is 0.0750 e. The molecule has 1 atom stereocenters. The molecule has 0 amide bonds. The van der Waals surface area contributed by atoms with Crippen molar-refractivity contribution in [2.24, 2.45) is 0 Å². The molecule has 1 aliphatic heterocycles. The summed E-state index contributed by atoms with van der Waals surface area (Å²) in [5.74, 6) is 0.513. The number of pyridine rings is 1. The Kier molecular flexibility index (Phi) is 5.46. The average molecular weight is 283 g/mol. The lowest BCUT2D eigenvalue weighted by Gasteiger charge is -2.35. The lowest BCUT2D eigenvalue weighted by Crippen LogP contribution is -2.40. The van der Waals surface area contributed by atoms with Gasteiger partial charge in [-0.05, 0) is 32.3 Å². The van der Waals surface area contributed by atoms with E-state index < -0.39 is 0 Å². The fraction of sp³-hybridized carbons (Fsp3) is 0.667. The molecule has 4 heteroatoms. The summed E-state index contributed by atoms with van der Waals surface area (Å²) in [7, 11) is 0. The van der Waals surface area contributed by atoms with Crippen molar-refractivity contribution in [3.63, 3.8) is 0 Å². The second-order valence-electron chi connectivity index (χ2n) is 5.17. The summed E-state index contributed by atoms with van der Waals surface area (Å²) in [5.41, 5.74) is 3.39. The van der Waals surface area contributed by atoms with Crippen molar-refractivity contribution in [3.05, 3.63) is 23.5 Å². The first-order valence-corrected chi connectivity index (χ1v) is 7.66. The van der Waals surface area contributed by atoms with Crippen LogP contribution in [0.15, 0.2) is 12.3 Å². The van der Waals surface area contributed by atoms with E-state index >= 15 is 0 Å². The van der Waals surface area contributed by atoms with Crippen LogP contribution in [0.25, 0.3) is 0 Å². The van der Waals surface area contributed by atoms with Crippen molar-refractivity contribution in [1.29, 1.82) is 0 Å². The number of aromatic nitrogens is 1. The maximum atomic E-state index is 6.03. The molecule has 0 bridgehead atoms. The molecule has 3 nitrogen and oxygen atoms in total. The van der Waals surface area contributed by atoms with Crippen molar-refractivity contribution in [1.82, 2.24) is 4.98 Å². The number of rotatable bonds is 5. The van der Waals surface area contributed by atoms with Gasteiger partial charge < -0.3 is 9.64 Å². The minimum absolute atomic E-state index is 0.352. The van der Waals surface area contributed by atoms with Crippen molar-refractivity contribution in [2.75, 3.05) is 24.6 Å². The van der Waals surface area contributed by atoms with Crippen LogP contribution in [0.2, 0.25) is 0 Å². The molecule has 0 spiro atoms. The molecule has 1 aliphatic rings. The van der Waals surface area contributed by atoms with Gasteiger partial charge in [-0.2, -0.15) is 0 Å². The molecule has 2 rings (SSSR count). The van der Waals surface area contributed by atoms with E-state index in [2.05, 4.69) is 22.9 Å². The molecule has 0 saturated carbocycles. The minimum atomic E-state index is 0.352. The molecule has 0 aliphatic carbocycles. The number of anilines is 1. The minimum Gasteiger partial charge on any atom is -0.376 e. The van der Waals surface area contributed by atoms with Crippen molar-refractivity contribution in [2.45, 2.75) is 45.1 Å². The highest BCUT2D eigenvalue weighted by Gasteiger charge is 2.22. The monoisotopic (exact) mass is 282 g/mol. The van der Waals surface area contributed by atoms with Crippen LogP contribution in [0, 0.1) is 6.92 Å². The number of piperidine rings is 1. The van der Waals surface area contributed by atoms with Crippen LogP contribution in [-0.2, 0) is 10.6 Å². The number of hydrogen-bond donors (Lipinski definition) is 0. The van der Waals surface area contributed by atoms with Crippen molar-refractivity contribution >= 4 is 17.3 Å². The fourth-order valence-electron chi connectivity index (χ4n) is 2.55. The largest absolute Gasteiger partial charge is 0.376 e.